The van der Waals surface area contributed by atoms with Crippen LogP contribution in [0.4, 0.5) is 13.2 Å². The first-order chi connectivity index (χ1) is 10.1. The van der Waals surface area contributed by atoms with E-state index in [1.165, 1.54) is 0 Å². The molecule has 0 aromatic carbocycles. The Morgan fingerprint density at radius 2 is 1.55 bits per heavy atom. The Kier molecular flexibility index (Phi) is 5.62. The van der Waals surface area contributed by atoms with Gasteiger partial charge in [0.05, 0.1) is 25.4 Å². The van der Waals surface area contributed by atoms with Gasteiger partial charge in [-0.15, -0.1) is 13.2 Å². The molecule has 0 unspecified atom stereocenters. The maximum Gasteiger partial charge on any atom is 0.488 e. The zero-order chi connectivity index (χ0) is 17.1. The topological polar surface area (TPSA) is 55.8 Å². The van der Waals surface area contributed by atoms with Crippen molar-refractivity contribution in [3.8, 4) is 0 Å². The fraction of sp³-hybridized carbons (Fsp3) is 0.571. The number of rotatable bonds is 4. The molecule has 0 fully saturated rings. The lowest BCUT2D eigenvalue weighted by molar-refractivity contribution is -0.212. The lowest BCUT2D eigenvalue weighted by Crippen LogP contribution is -2.36. The molecule has 0 saturated heterocycles. The Hall–Kier alpha value is -1.99. The van der Waals surface area contributed by atoms with Gasteiger partial charge in [0.15, 0.2) is 0 Å². The molecule has 0 aliphatic carbocycles. The van der Waals surface area contributed by atoms with Crippen molar-refractivity contribution < 1.29 is 32.2 Å². The summed E-state index contributed by atoms with van der Waals surface area (Å²) in [5.74, 6) is -2.58. The van der Waals surface area contributed by atoms with Crippen LogP contribution in [0.5, 0.6) is 0 Å². The van der Waals surface area contributed by atoms with Crippen molar-refractivity contribution in [2.24, 2.45) is 11.8 Å². The number of alkyl halides is 3. The summed E-state index contributed by atoms with van der Waals surface area (Å²) in [6, 6.07) is 0. The number of esters is 2. The van der Waals surface area contributed by atoms with E-state index in [-0.39, 0.29) is 22.0 Å². The van der Waals surface area contributed by atoms with Crippen LogP contribution in [0, 0.1) is 11.8 Å². The summed E-state index contributed by atoms with van der Waals surface area (Å²) in [4.78, 5) is 23.5. The van der Waals surface area contributed by atoms with Crippen LogP contribution in [0.2, 0.25) is 0 Å². The van der Waals surface area contributed by atoms with Crippen LogP contribution >= 0.6 is 0 Å². The highest BCUT2D eigenvalue weighted by molar-refractivity contribution is 5.96. The van der Waals surface area contributed by atoms with Crippen molar-refractivity contribution in [3.63, 3.8) is 0 Å². The molecule has 1 heterocycles. The molecule has 0 radical (unpaired) electrons. The summed E-state index contributed by atoms with van der Waals surface area (Å²) < 4.78 is 47.9. The number of hydrogen-bond donors (Lipinski definition) is 0. The average Bonchev–Trinajstić information content (AvgIpc) is 2.43. The van der Waals surface area contributed by atoms with Crippen molar-refractivity contribution >= 4 is 11.9 Å². The van der Waals surface area contributed by atoms with Gasteiger partial charge in [0, 0.05) is 18.3 Å². The molecular weight excluding hydrogens is 303 g/mol. The molecule has 0 N–H and O–H groups in total. The Morgan fingerprint density at radius 3 is 1.82 bits per heavy atom. The minimum absolute atomic E-state index is 0.0450. The molecule has 8 heteroatoms. The number of halogens is 3. The SMILES string of the molecule is COC(=O)C1=CN(C(F)(F)F)C=C(C(=O)OC)C1CC(C)C. The van der Waals surface area contributed by atoms with E-state index in [0.717, 1.165) is 14.2 Å². The molecule has 0 aromatic heterocycles. The summed E-state index contributed by atoms with van der Waals surface area (Å²) >= 11 is 0. The van der Waals surface area contributed by atoms with E-state index in [9.17, 15) is 22.8 Å². The van der Waals surface area contributed by atoms with Gasteiger partial charge in [-0.3, -0.25) is 4.90 Å². The zero-order valence-electron chi connectivity index (χ0n) is 12.7. The van der Waals surface area contributed by atoms with Crippen LogP contribution in [0.15, 0.2) is 23.5 Å². The Balaban J connectivity index is 3.37. The minimum atomic E-state index is -4.76. The predicted molar refractivity (Wildman–Crippen MR) is 71.0 cm³/mol. The summed E-state index contributed by atoms with van der Waals surface area (Å²) in [5.41, 5.74) is -0.451. The van der Waals surface area contributed by atoms with Gasteiger partial charge in [-0.1, -0.05) is 13.8 Å². The predicted octanol–water partition coefficient (Wildman–Crippen LogP) is 2.60. The number of ether oxygens (including phenoxy) is 2. The van der Waals surface area contributed by atoms with E-state index in [0.29, 0.717) is 18.8 Å². The first-order valence-corrected chi connectivity index (χ1v) is 6.57. The molecule has 22 heavy (non-hydrogen) atoms. The highest BCUT2D eigenvalue weighted by Crippen LogP contribution is 2.36. The number of hydrogen-bond acceptors (Lipinski definition) is 5. The molecule has 1 aliphatic heterocycles. The van der Waals surface area contributed by atoms with E-state index in [2.05, 4.69) is 9.47 Å². The molecule has 1 rings (SSSR count). The molecule has 0 atom stereocenters. The number of carbonyl (C=O) groups excluding carboxylic acids is 2. The number of nitrogens with zero attached hydrogens (tertiary/aromatic N) is 1. The maximum absolute atomic E-state index is 12.9. The first kappa shape index (κ1) is 18.1. The van der Waals surface area contributed by atoms with Crippen molar-refractivity contribution in [3.05, 3.63) is 23.5 Å². The van der Waals surface area contributed by atoms with Gasteiger partial charge in [0.25, 0.3) is 0 Å². The van der Waals surface area contributed by atoms with Crippen LogP contribution in [0.3, 0.4) is 0 Å². The largest absolute Gasteiger partial charge is 0.488 e. The summed E-state index contributed by atoms with van der Waals surface area (Å²) in [5, 5.41) is 0. The van der Waals surface area contributed by atoms with E-state index in [4.69, 9.17) is 0 Å². The van der Waals surface area contributed by atoms with E-state index >= 15 is 0 Å². The summed E-state index contributed by atoms with van der Waals surface area (Å²) in [6.07, 6.45) is -3.13. The highest BCUT2D eigenvalue weighted by atomic mass is 19.4. The smallest absolute Gasteiger partial charge is 0.466 e. The number of carbonyl (C=O) groups is 2. The second-order valence-electron chi connectivity index (χ2n) is 5.21. The molecule has 0 spiro atoms. The third-order valence-electron chi connectivity index (χ3n) is 3.15. The Morgan fingerprint density at radius 1 is 1.14 bits per heavy atom. The van der Waals surface area contributed by atoms with Gasteiger partial charge in [0.1, 0.15) is 0 Å². The summed E-state index contributed by atoms with van der Waals surface area (Å²) in [7, 11) is 2.15. The van der Waals surface area contributed by atoms with Crippen LogP contribution in [-0.4, -0.2) is 37.4 Å². The molecular formula is C14H18F3NO4. The van der Waals surface area contributed by atoms with Gasteiger partial charge >= 0.3 is 18.2 Å². The highest BCUT2D eigenvalue weighted by Gasteiger charge is 2.42. The molecule has 5 nitrogen and oxygen atoms in total. The molecule has 0 amide bonds. The van der Waals surface area contributed by atoms with Crippen LogP contribution in [0.25, 0.3) is 0 Å². The van der Waals surface area contributed by atoms with Crippen LogP contribution < -0.4 is 0 Å². The van der Waals surface area contributed by atoms with Crippen LogP contribution in [0.1, 0.15) is 20.3 Å². The monoisotopic (exact) mass is 321 g/mol. The van der Waals surface area contributed by atoms with Gasteiger partial charge in [-0.05, 0) is 12.3 Å². The zero-order valence-corrected chi connectivity index (χ0v) is 12.7. The quantitative estimate of drug-likeness (QED) is 0.588. The van der Waals surface area contributed by atoms with Gasteiger partial charge < -0.3 is 9.47 Å². The second-order valence-corrected chi connectivity index (χ2v) is 5.21. The average molecular weight is 321 g/mol. The van der Waals surface area contributed by atoms with Gasteiger partial charge in [-0.2, -0.15) is 0 Å². The number of methoxy groups -OCH3 is 2. The second kappa shape index (κ2) is 6.85. The van der Waals surface area contributed by atoms with E-state index < -0.39 is 24.2 Å². The molecule has 0 aromatic rings. The van der Waals surface area contributed by atoms with Crippen molar-refractivity contribution in [2.75, 3.05) is 14.2 Å². The first-order valence-electron chi connectivity index (χ1n) is 6.57. The standard InChI is InChI=1S/C14H18F3NO4/c1-8(2)5-9-10(12(19)21-3)6-18(14(15,16)17)7-11(9)13(20)22-4/h6-9H,5H2,1-4H3. The molecule has 124 valence electrons. The minimum Gasteiger partial charge on any atom is -0.466 e. The third kappa shape index (κ3) is 4.02. The fourth-order valence-electron chi connectivity index (χ4n) is 2.18. The van der Waals surface area contributed by atoms with E-state index in [1.54, 1.807) is 0 Å². The Bertz CT molecular complexity index is 475. The maximum atomic E-state index is 12.9. The normalized spacial score (nSPS) is 16.3. The molecule has 1 aliphatic rings. The summed E-state index contributed by atoms with van der Waals surface area (Å²) in [6.45, 7) is 3.67. The van der Waals surface area contributed by atoms with Crippen molar-refractivity contribution in [2.45, 2.75) is 26.6 Å². The van der Waals surface area contributed by atoms with Crippen molar-refractivity contribution in [1.29, 1.82) is 0 Å². The third-order valence-corrected chi connectivity index (χ3v) is 3.15. The van der Waals surface area contributed by atoms with Crippen LogP contribution in [-0.2, 0) is 19.1 Å². The van der Waals surface area contributed by atoms with Crippen molar-refractivity contribution in [1.82, 2.24) is 4.90 Å². The molecule has 0 saturated carbocycles. The lowest BCUT2D eigenvalue weighted by Gasteiger charge is -2.31. The van der Waals surface area contributed by atoms with E-state index in [1.807, 2.05) is 13.8 Å². The fourth-order valence-corrected chi connectivity index (χ4v) is 2.18. The van der Waals surface area contributed by atoms with Gasteiger partial charge in [0.2, 0.25) is 0 Å². The van der Waals surface area contributed by atoms with Gasteiger partial charge in [-0.25, -0.2) is 9.59 Å². The molecule has 0 bridgehead atoms. The Labute approximate surface area is 126 Å². The lowest BCUT2D eigenvalue weighted by atomic mass is 9.83.